The summed E-state index contributed by atoms with van der Waals surface area (Å²) in [6.45, 7) is 6.53. The summed E-state index contributed by atoms with van der Waals surface area (Å²) in [5, 5.41) is 0. The van der Waals surface area contributed by atoms with Gasteiger partial charge in [-0.05, 0) is 96.3 Å². The van der Waals surface area contributed by atoms with Gasteiger partial charge in [0, 0.05) is 19.3 Å². The van der Waals surface area contributed by atoms with Crippen molar-refractivity contribution in [1.82, 2.24) is 0 Å². The molecule has 6 heteroatoms. The van der Waals surface area contributed by atoms with Crippen molar-refractivity contribution in [1.29, 1.82) is 0 Å². The van der Waals surface area contributed by atoms with Crippen LogP contribution in [0, 0.1) is 0 Å². The third-order valence-electron chi connectivity index (χ3n) is 14.9. The molecule has 0 fully saturated rings. The summed E-state index contributed by atoms with van der Waals surface area (Å²) >= 11 is 0. The van der Waals surface area contributed by atoms with Crippen molar-refractivity contribution >= 4 is 17.9 Å². The second kappa shape index (κ2) is 67.1. The zero-order valence-corrected chi connectivity index (χ0v) is 52.4. The normalized spacial score (nSPS) is 12.6. The van der Waals surface area contributed by atoms with Crippen LogP contribution in [0.4, 0.5) is 0 Å². The molecule has 0 aliphatic heterocycles. The summed E-state index contributed by atoms with van der Waals surface area (Å²) in [5.74, 6) is -0.905. The summed E-state index contributed by atoms with van der Waals surface area (Å²) in [4.78, 5) is 38.4. The molecule has 1 atom stereocenters. The predicted molar refractivity (Wildman–Crippen MR) is 344 cm³/mol. The van der Waals surface area contributed by atoms with E-state index >= 15 is 0 Å². The molecule has 0 spiro atoms. The number of carbonyl (C=O) groups excluding carboxylic acids is 3. The van der Waals surface area contributed by atoms with Crippen LogP contribution >= 0.6 is 0 Å². The lowest BCUT2D eigenvalue weighted by atomic mass is 10.0. The highest BCUT2D eigenvalue weighted by Gasteiger charge is 2.19. The van der Waals surface area contributed by atoms with E-state index < -0.39 is 6.10 Å². The Labute approximate surface area is 490 Å². The number of allylic oxidation sites excluding steroid dienone is 14. The van der Waals surface area contributed by atoms with E-state index in [-0.39, 0.29) is 31.1 Å². The largest absolute Gasteiger partial charge is 0.462 e. The Bertz CT molecular complexity index is 1500. The Balaban J connectivity index is 4.33. The van der Waals surface area contributed by atoms with Gasteiger partial charge in [-0.3, -0.25) is 14.4 Å². The summed E-state index contributed by atoms with van der Waals surface area (Å²) in [6, 6.07) is 0. The van der Waals surface area contributed by atoms with E-state index in [0.717, 1.165) is 116 Å². The maximum Gasteiger partial charge on any atom is 0.306 e. The van der Waals surface area contributed by atoms with E-state index in [9.17, 15) is 14.4 Å². The Hall–Kier alpha value is -3.41. The minimum Gasteiger partial charge on any atom is -0.462 e. The number of esters is 3. The molecule has 0 aromatic heterocycles. The molecular formula is C73H128O6. The first kappa shape index (κ1) is 75.6. The van der Waals surface area contributed by atoms with Gasteiger partial charge in [0.05, 0.1) is 0 Å². The number of ether oxygens (including phenoxy) is 3. The van der Waals surface area contributed by atoms with E-state index in [1.165, 1.54) is 186 Å². The van der Waals surface area contributed by atoms with Gasteiger partial charge in [-0.25, -0.2) is 0 Å². The molecule has 0 aromatic carbocycles. The summed E-state index contributed by atoms with van der Waals surface area (Å²) in [6.07, 6.45) is 88.9. The molecule has 79 heavy (non-hydrogen) atoms. The number of rotatable bonds is 62. The van der Waals surface area contributed by atoms with Gasteiger partial charge in [0.1, 0.15) is 13.2 Å². The summed E-state index contributed by atoms with van der Waals surface area (Å²) in [7, 11) is 0. The van der Waals surface area contributed by atoms with Crippen LogP contribution in [0.3, 0.4) is 0 Å². The van der Waals surface area contributed by atoms with Crippen molar-refractivity contribution < 1.29 is 28.6 Å². The molecule has 0 bridgehead atoms. The molecule has 0 heterocycles. The van der Waals surface area contributed by atoms with Gasteiger partial charge in [0.2, 0.25) is 0 Å². The summed E-state index contributed by atoms with van der Waals surface area (Å²) < 4.78 is 16.9. The van der Waals surface area contributed by atoms with Crippen LogP contribution in [0.2, 0.25) is 0 Å². The average Bonchev–Trinajstić information content (AvgIpc) is 3.45. The third kappa shape index (κ3) is 65.3. The first-order valence-corrected chi connectivity index (χ1v) is 34.1. The molecule has 0 saturated carbocycles. The number of hydrogen-bond acceptors (Lipinski definition) is 6. The fraction of sp³-hybridized carbons (Fsp3) is 0.767. The van der Waals surface area contributed by atoms with Crippen LogP contribution in [-0.4, -0.2) is 37.2 Å². The molecule has 0 saturated heterocycles. The first-order valence-electron chi connectivity index (χ1n) is 34.1. The Morgan fingerprint density at radius 1 is 0.266 bits per heavy atom. The van der Waals surface area contributed by atoms with Gasteiger partial charge in [0.25, 0.3) is 0 Å². The highest BCUT2D eigenvalue weighted by atomic mass is 16.6. The monoisotopic (exact) mass is 1100 g/mol. The smallest absolute Gasteiger partial charge is 0.306 e. The van der Waals surface area contributed by atoms with Gasteiger partial charge in [-0.15, -0.1) is 0 Å². The lowest BCUT2D eigenvalue weighted by molar-refractivity contribution is -0.167. The predicted octanol–water partition coefficient (Wildman–Crippen LogP) is 23.4. The van der Waals surface area contributed by atoms with E-state index in [1.54, 1.807) is 0 Å². The molecule has 1 unspecified atom stereocenters. The third-order valence-corrected chi connectivity index (χ3v) is 14.9. The fourth-order valence-electron chi connectivity index (χ4n) is 9.80. The topological polar surface area (TPSA) is 78.9 Å². The molecular weight excluding hydrogens is 973 g/mol. The highest BCUT2D eigenvalue weighted by Crippen LogP contribution is 2.17. The van der Waals surface area contributed by atoms with Gasteiger partial charge >= 0.3 is 17.9 Å². The first-order chi connectivity index (χ1) is 39.0. The van der Waals surface area contributed by atoms with Crippen LogP contribution in [0.15, 0.2) is 85.1 Å². The van der Waals surface area contributed by atoms with Gasteiger partial charge in [-0.2, -0.15) is 0 Å². The van der Waals surface area contributed by atoms with E-state index in [4.69, 9.17) is 14.2 Å². The van der Waals surface area contributed by atoms with Crippen molar-refractivity contribution in [3.8, 4) is 0 Å². The lowest BCUT2D eigenvalue weighted by Gasteiger charge is -2.18. The maximum absolute atomic E-state index is 12.9. The van der Waals surface area contributed by atoms with Crippen LogP contribution in [0.1, 0.15) is 342 Å². The SMILES string of the molecule is CC/C=C\C/C=C\C/C=C\C/C=C\C/C=C\C/C=C\CCCCCCC(=O)OC(COC(=O)CCCCCCC/C=C\CCCCCC)COC(=O)CCCCCCCCCCCCCCCCCCCCCCCCCCC. The highest BCUT2D eigenvalue weighted by molar-refractivity contribution is 5.71. The molecule has 0 amide bonds. The van der Waals surface area contributed by atoms with Crippen LogP contribution in [0.25, 0.3) is 0 Å². The summed E-state index contributed by atoms with van der Waals surface area (Å²) in [5.41, 5.74) is 0. The molecule has 0 N–H and O–H groups in total. The van der Waals surface area contributed by atoms with Gasteiger partial charge in [0.15, 0.2) is 6.10 Å². The van der Waals surface area contributed by atoms with Crippen LogP contribution in [0.5, 0.6) is 0 Å². The van der Waals surface area contributed by atoms with Crippen molar-refractivity contribution in [2.75, 3.05) is 13.2 Å². The second-order valence-electron chi connectivity index (χ2n) is 22.7. The second-order valence-corrected chi connectivity index (χ2v) is 22.7. The Kier molecular flexibility index (Phi) is 64.2. The zero-order valence-electron chi connectivity index (χ0n) is 52.4. The molecule has 0 aliphatic carbocycles. The van der Waals surface area contributed by atoms with Crippen molar-refractivity contribution in [3.05, 3.63) is 85.1 Å². The average molecular weight is 1100 g/mol. The fourth-order valence-corrected chi connectivity index (χ4v) is 9.80. The standard InChI is InChI=1S/C73H128O6/c1-4-7-10-13-16-19-22-25-27-29-31-33-35-36-38-39-41-43-45-48-51-54-57-60-63-66-72(75)78-69-70(68-77-71(74)65-62-59-56-53-50-47-24-21-18-15-12-9-6-3)79-73(76)67-64-61-58-55-52-49-46-44-42-40-37-34-32-30-28-26-23-20-17-14-11-8-5-2/h8,11,17,20-21,24,26,28,32,34,40,42,46,49,70H,4-7,9-10,12-16,18-19,22-23,25,27,29-31,33,35-39,41,43-45,47-48,50-69H2,1-3H3/b11-8-,20-17-,24-21-,28-26-,34-32-,42-40-,49-46-. The molecule has 0 aliphatic rings. The molecule has 0 radical (unpaired) electrons. The quantitative estimate of drug-likeness (QED) is 0.0261. The molecule has 0 aromatic rings. The number of carbonyl (C=O) groups is 3. The minimum atomic E-state index is -0.794. The van der Waals surface area contributed by atoms with Gasteiger partial charge < -0.3 is 14.2 Å². The Morgan fingerprint density at radius 2 is 0.494 bits per heavy atom. The molecule has 6 nitrogen and oxygen atoms in total. The Morgan fingerprint density at radius 3 is 0.797 bits per heavy atom. The van der Waals surface area contributed by atoms with E-state index in [1.807, 2.05) is 0 Å². The van der Waals surface area contributed by atoms with E-state index in [2.05, 4.69) is 106 Å². The lowest BCUT2D eigenvalue weighted by Crippen LogP contribution is -2.30. The maximum atomic E-state index is 12.9. The van der Waals surface area contributed by atoms with Crippen molar-refractivity contribution in [2.45, 2.75) is 348 Å². The van der Waals surface area contributed by atoms with Crippen LogP contribution < -0.4 is 0 Å². The number of unbranched alkanes of at least 4 members (excludes halogenated alkanes) is 37. The molecule has 456 valence electrons. The minimum absolute atomic E-state index is 0.0869. The zero-order chi connectivity index (χ0) is 57.1. The van der Waals surface area contributed by atoms with E-state index in [0.29, 0.717) is 19.3 Å². The van der Waals surface area contributed by atoms with Crippen molar-refractivity contribution in [3.63, 3.8) is 0 Å². The number of hydrogen-bond donors (Lipinski definition) is 0. The molecule has 0 rings (SSSR count). The van der Waals surface area contributed by atoms with Crippen molar-refractivity contribution in [2.24, 2.45) is 0 Å². The van der Waals surface area contributed by atoms with Gasteiger partial charge in [-0.1, -0.05) is 311 Å². The van der Waals surface area contributed by atoms with Crippen LogP contribution in [-0.2, 0) is 28.6 Å².